The monoisotopic (exact) mass is 599 g/mol. The van der Waals surface area contributed by atoms with Gasteiger partial charge in [-0.15, -0.1) is 0 Å². The predicted molar refractivity (Wildman–Crippen MR) is 189 cm³/mol. The van der Waals surface area contributed by atoms with Crippen LogP contribution in [0.25, 0.3) is 0 Å². The quantitative estimate of drug-likeness (QED) is 0.0474. The molecule has 0 aliphatic carbocycles. The van der Waals surface area contributed by atoms with Crippen molar-refractivity contribution >= 4 is 11.8 Å². The third-order valence-electron chi connectivity index (χ3n) is 7.79. The molecule has 4 nitrogen and oxygen atoms in total. The van der Waals surface area contributed by atoms with E-state index in [4.69, 9.17) is 0 Å². The van der Waals surface area contributed by atoms with Gasteiger partial charge in [-0.25, -0.2) is 0 Å². The summed E-state index contributed by atoms with van der Waals surface area (Å²) >= 11 is 0. The van der Waals surface area contributed by atoms with E-state index in [1.807, 2.05) is 6.92 Å². The summed E-state index contributed by atoms with van der Waals surface area (Å²) < 4.78 is 0. The van der Waals surface area contributed by atoms with Crippen molar-refractivity contribution in [3.8, 4) is 0 Å². The first kappa shape index (κ1) is 40.9. The first-order valence-electron chi connectivity index (χ1n) is 18.3. The molecule has 248 valence electrons. The highest BCUT2D eigenvalue weighted by molar-refractivity contribution is 5.79. The summed E-state index contributed by atoms with van der Waals surface area (Å²) in [4.78, 5) is 24.7. The summed E-state index contributed by atoms with van der Waals surface area (Å²) in [6.07, 6.45) is 45.9. The summed E-state index contributed by atoms with van der Waals surface area (Å²) in [6, 6.07) is 0. The van der Waals surface area contributed by atoms with E-state index in [0.717, 1.165) is 51.4 Å². The van der Waals surface area contributed by atoms with Crippen molar-refractivity contribution in [2.45, 2.75) is 187 Å². The molecule has 0 fully saturated rings. The van der Waals surface area contributed by atoms with Crippen LogP contribution in [0.3, 0.4) is 0 Å². The maximum absolute atomic E-state index is 12.4. The van der Waals surface area contributed by atoms with Gasteiger partial charge < -0.3 is 10.6 Å². The summed E-state index contributed by atoms with van der Waals surface area (Å²) in [7, 11) is 0. The molecule has 0 aromatic rings. The van der Waals surface area contributed by atoms with Gasteiger partial charge in [-0.05, 0) is 83.5 Å². The average Bonchev–Trinajstić information content (AvgIpc) is 3.00. The number of carbonyl (C=O) groups is 2. The zero-order valence-corrected chi connectivity index (χ0v) is 28.7. The van der Waals surface area contributed by atoms with Gasteiger partial charge in [0.05, 0.1) is 0 Å². The number of allylic oxidation sites excluding steroid dienone is 8. The molecule has 0 saturated carbocycles. The Labute approximate surface area is 267 Å². The van der Waals surface area contributed by atoms with Crippen LogP contribution in [0, 0.1) is 0 Å². The number of amides is 2. The molecule has 0 bridgehead atoms. The van der Waals surface area contributed by atoms with Gasteiger partial charge in [-0.3, -0.25) is 9.59 Å². The van der Waals surface area contributed by atoms with Crippen LogP contribution in [0.5, 0.6) is 0 Å². The van der Waals surface area contributed by atoms with Crippen molar-refractivity contribution in [3.63, 3.8) is 0 Å². The number of hydrogen-bond acceptors (Lipinski definition) is 2. The third-order valence-corrected chi connectivity index (χ3v) is 7.79. The number of nitrogens with one attached hydrogen (secondary N) is 2. The molecule has 0 rings (SSSR count). The Bertz CT molecular complexity index is 678. The van der Waals surface area contributed by atoms with Crippen molar-refractivity contribution in [1.29, 1.82) is 0 Å². The van der Waals surface area contributed by atoms with Gasteiger partial charge in [0.25, 0.3) is 0 Å². The van der Waals surface area contributed by atoms with Crippen molar-refractivity contribution < 1.29 is 9.59 Å². The fourth-order valence-electron chi connectivity index (χ4n) is 4.97. The maximum Gasteiger partial charge on any atom is 0.221 e. The smallest absolute Gasteiger partial charge is 0.221 e. The number of carbonyl (C=O) groups excluding carboxylic acids is 2. The van der Waals surface area contributed by atoms with E-state index in [1.165, 1.54) is 89.9 Å². The van der Waals surface area contributed by atoms with Crippen LogP contribution in [0.4, 0.5) is 0 Å². The molecule has 0 unspecified atom stereocenters. The lowest BCUT2D eigenvalue weighted by Crippen LogP contribution is -2.47. The van der Waals surface area contributed by atoms with Crippen molar-refractivity contribution in [3.05, 3.63) is 48.6 Å². The Morgan fingerprint density at radius 3 is 1.12 bits per heavy atom. The van der Waals surface area contributed by atoms with E-state index in [2.05, 4.69) is 73.1 Å². The highest BCUT2D eigenvalue weighted by Crippen LogP contribution is 2.10. The average molecular weight is 599 g/mol. The Morgan fingerprint density at radius 2 is 0.767 bits per heavy atom. The highest BCUT2D eigenvalue weighted by Gasteiger charge is 2.12. The molecule has 2 N–H and O–H groups in total. The molecule has 2 amide bonds. The second-order valence-corrected chi connectivity index (χ2v) is 12.1. The van der Waals surface area contributed by atoms with Gasteiger partial charge in [0.1, 0.15) is 6.17 Å². The molecule has 0 atom stereocenters. The molecular weight excluding hydrogens is 528 g/mol. The SMILES string of the molecule is CCCCC/C=C\C/C=C\CCCCCCCC(=O)NC(CC)NC(=O)CCCCCCC/C=C\C/C=C\CCCCC. The minimum absolute atomic E-state index is 0.0508. The van der Waals surface area contributed by atoms with Crippen molar-refractivity contribution in [1.82, 2.24) is 10.6 Å². The fourth-order valence-corrected chi connectivity index (χ4v) is 4.97. The molecule has 4 heteroatoms. The maximum atomic E-state index is 12.4. The molecule has 0 aliphatic heterocycles. The Hall–Kier alpha value is -2.10. The third kappa shape index (κ3) is 32.6. The zero-order chi connectivity index (χ0) is 31.5. The summed E-state index contributed by atoms with van der Waals surface area (Å²) in [6.45, 7) is 6.49. The topological polar surface area (TPSA) is 58.2 Å². The van der Waals surface area contributed by atoms with E-state index in [9.17, 15) is 9.59 Å². The molecule has 0 heterocycles. The van der Waals surface area contributed by atoms with Gasteiger partial charge in [0.2, 0.25) is 11.8 Å². The number of unbranched alkanes of at least 4 members (excludes halogenated alkanes) is 16. The Morgan fingerprint density at radius 1 is 0.442 bits per heavy atom. The second-order valence-electron chi connectivity index (χ2n) is 12.1. The molecule has 0 aliphatic rings. The Kier molecular flexibility index (Phi) is 32.7. The molecule has 0 spiro atoms. The molecule has 0 saturated heterocycles. The lowest BCUT2D eigenvalue weighted by Gasteiger charge is -2.18. The number of rotatable bonds is 31. The van der Waals surface area contributed by atoms with Crippen LogP contribution in [-0.4, -0.2) is 18.0 Å². The van der Waals surface area contributed by atoms with Crippen LogP contribution in [-0.2, 0) is 9.59 Å². The fraction of sp³-hybridized carbons (Fsp3) is 0.744. The van der Waals surface area contributed by atoms with Crippen LogP contribution >= 0.6 is 0 Å². The van der Waals surface area contributed by atoms with E-state index >= 15 is 0 Å². The van der Waals surface area contributed by atoms with Gasteiger partial charge in [0.15, 0.2) is 0 Å². The molecule has 43 heavy (non-hydrogen) atoms. The lowest BCUT2D eigenvalue weighted by molar-refractivity contribution is -0.124. The zero-order valence-electron chi connectivity index (χ0n) is 28.7. The van der Waals surface area contributed by atoms with E-state index in [0.29, 0.717) is 19.3 Å². The van der Waals surface area contributed by atoms with Crippen LogP contribution in [0.2, 0.25) is 0 Å². The Balaban J connectivity index is 3.66. The highest BCUT2D eigenvalue weighted by atomic mass is 16.2. The summed E-state index contributed by atoms with van der Waals surface area (Å²) in [5.41, 5.74) is 0. The lowest BCUT2D eigenvalue weighted by atomic mass is 10.1. The minimum atomic E-state index is -0.254. The van der Waals surface area contributed by atoms with Crippen LogP contribution in [0.15, 0.2) is 48.6 Å². The largest absolute Gasteiger partial charge is 0.336 e. The summed E-state index contributed by atoms with van der Waals surface area (Å²) in [5.74, 6) is 0.102. The van der Waals surface area contributed by atoms with E-state index in [1.54, 1.807) is 0 Å². The first-order chi connectivity index (χ1) is 21.1. The second kappa shape index (κ2) is 34.4. The van der Waals surface area contributed by atoms with Gasteiger partial charge in [-0.1, -0.05) is 134 Å². The van der Waals surface area contributed by atoms with Crippen molar-refractivity contribution in [2.24, 2.45) is 0 Å². The number of hydrogen-bond donors (Lipinski definition) is 2. The van der Waals surface area contributed by atoms with Gasteiger partial charge >= 0.3 is 0 Å². The van der Waals surface area contributed by atoms with Crippen molar-refractivity contribution in [2.75, 3.05) is 0 Å². The minimum Gasteiger partial charge on any atom is -0.336 e. The van der Waals surface area contributed by atoms with Gasteiger partial charge in [0, 0.05) is 12.8 Å². The first-order valence-corrected chi connectivity index (χ1v) is 18.3. The molecular formula is C39H70N2O2. The summed E-state index contributed by atoms with van der Waals surface area (Å²) in [5, 5.41) is 6.01. The van der Waals surface area contributed by atoms with E-state index in [-0.39, 0.29) is 18.0 Å². The molecule has 0 radical (unpaired) electrons. The van der Waals surface area contributed by atoms with E-state index < -0.39 is 0 Å². The normalized spacial score (nSPS) is 12.1. The van der Waals surface area contributed by atoms with Gasteiger partial charge in [-0.2, -0.15) is 0 Å². The molecule has 0 aromatic carbocycles. The molecule has 0 aromatic heterocycles. The standard InChI is InChI=1S/C39H70N2O2/c1-4-7-9-11-13-15-17-19-21-23-25-27-29-31-33-35-38(42)40-37(6-3)41-39(43)36-34-32-30-28-26-24-22-20-18-16-14-12-10-8-5-2/h13-16,19-22,37H,4-12,17-18,23-36H2,1-3H3,(H,40,42)(H,41,43)/b15-13-,16-14-,21-19-,22-20-. The van der Waals surface area contributed by atoms with Crippen LogP contribution < -0.4 is 10.6 Å². The van der Waals surface area contributed by atoms with Crippen LogP contribution in [0.1, 0.15) is 181 Å². The predicted octanol–water partition coefficient (Wildman–Crippen LogP) is 11.6.